The van der Waals surface area contributed by atoms with E-state index in [2.05, 4.69) is 0 Å². The molecule has 2 unspecified atom stereocenters. The van der Waals surface area contributed by atoms with Crippen LogP contribution in [0.1, 0.15) is 20.3 Å². The molecule has 2 atom stereocenters. The van der Waals surface area contributed by atoms with Crippen molar-refractivity contribution in [1.82, 2.24) is 0 Å². The molecule has 0 saturated heterocycles. The third-order valence-corrected chi connectivity index (χ3v) is 1.82. The van der Waals surface area contributed by atoms with Gasteiger partial charge in [-0.3, -0.25) is 0 Å². The van der Waals surface area contributed by atoms with Crippen molar-refractivity contribution in [2.24, 2.45) is 0 Å². The van der Waals surface area contributed by atoms with Crippen LogP contribution in [0.3, 0.4) is 0 Å². The maximum atomic E-state index is 8.51. The van der Waals surface area contributed by atoms with Crippen LogP contribution in [0.5, 0.6) is 0 Å². The average Bonchev–Trinajstić information content (AvgIpc) is 2.21. The topological polar surface area (TPSA) is 47.9 Å². The quantitative estimate of drug-likeness (QED) is 0.568. The first-order valence-corrected chi connectivity index (χ1v) is 5.03. The maximum absolute atomic E-state index is 8.51. The summed E-state index contributed by atoms with van der Waals surface area (Å²) in [4.78, 5) is 0. The van der Waals surface area contributed by atoms with Gasteiger partial charge in [-0.05, 0) is 20.3 Å². The SMILES string of the molecule is COC(C)COC(C)COCCCO. The van der Waals surface area contributed by atoms with Crippen molar-refractivity contribution in [2.45, 2.75) is 32.5 Å². The van der Waals surface area contributed by atoms with E-state index < -0.39 is 0 Å². The highest BCUT2D eigenvalue weighted by Crippen LogP contribution is 1.96. The molecule has 0 aromatic rings. The zero-order valence-electron chi connectivity index (χ0n) is 9.36. The van der Waals surface area contributed by atoms with Crippen LogP contribution in [0.2, 0.25) is 0 Å². The minimum atomic E-state index is 0.0753. The molecule has 0 amide bonds. The number of hydrogen-bond donors (Lipinski definition) is 1. The van der Waals surface area contributed by atoms with Gasteiger partial charge in [-0.1, -0.05) is 0 Å². The van der Waals surface area contributed by atoms with Crippen molar-refractivity contribution in [3.05, 3.63) is 0 Å². The molecule has 0 rings (SSSR count). The Labute approximate surface area is 86.2 Å². The van der Waals surface area contributed by atoms with E-state index in [0.29, 0.717) is 26.2 Å². The first-order chi connectivity index (χ1) is 6.70. The van der Waals surface area contributed by atoms with E-state index in [9.17, 15) is 0 Å². The Balaban J connectivity index is 3.23. The summed E-state index contributed by atoms with van der Waals surface area (Å²) in [5.74, 6) is 0. The molecule has 0 aromatic carbocycles. The highest BCUT2D eigenvalue weighted by Gasteiger charge is 2.05. The molecule has 0 aromatic heterocycles. The molecule has 0 aliphatic carbocycles. The predicted octanol–water partition coefficient (Wildman–Crippen LogP) is 0.825. The highest BCUT2D eigenvalue weighted by atomic mass is 16.6. The second-order valence-electron chi connectivity index (χ2n) is 3.34. The maximum Gasteiger partial charge on any atom is 0.0781 e. The molecule has 0 fully saturated rings. The Morgan fingerprint density at radius 2 is 1.86 bits per heavy atom. The molecule has 4 heteroatoms. The van der Waals surface area contributed by atoms with Gasteiger partial charge in [-0.2, -0.15) is 0 Å². The molecule has 4 nitrogen and oxygen atoms in total. The summed E-state index contributed by atoms with van der Waals surface area (Å²) in [5.41, 5.74) is 0. The fourth-order valence-electron chi connectivity index (χ4n) is 0.832. The summed E-state index contributed by atoms with van der Waals surface area (Å²) >= 11 is 0. The normalized spacial score (nSPS) is 15.4. The summed E-state index contributed by atoms with van der Waals surface area (Å²) in [6.45, 7) is 5.83. The third-order valence-electron chi connectivity index (χ3n) is 1.82. The predicted molar refractivity (Wildman–Crippen MR) is 54.4 cm³/mol. The van der Waals surface area contributed by atoms with E-state index >= 15 is 0 Å². The van der Waals surface area contributed by atoms with Crippen molar-refractivity contribution < 1.29 is 19.3 Å². The van der Waals surface area contributed by atoms with Crippen LogP contribution in [0.15, 0.2) is 0 Å². The lowest BCUT2D eigenvalue weighted by molar-refractivity contribution is -0.0474. The molecule has 0 spiro atoms. The third kappa shape index (κ3) is 8.44. The van der Waals surface area contributed by atoms with Gasteiger partial charge in [0.25, 0.3) is 0 Å². The second kappa shape index (κ2) is 9.40. The Bertz CT molecular complexity index is 119. The van der Waals surface area contributed by atoms with E-state index in [1.165, 1.54) is 0 Å². The number of rotatable bonds is 9. The minimum absolute atomic E-state index is 0.0753. The van der Waals surface area contributed by atoms with Crippen LogP contribution in [-0.2, 0) is 14.2 Å². The first-order valence-electron chi connectivity index (χ1n) is 5.03. The second-order valence-corrected chi connectivity index (χ2v) is 3.34. The van der Waals surface area contributed by atoms with Crippen LogP contribution in [0.25, 0.3) is 0 Å². The van der Waals surface area contributed by atoms with Gasteiger partial charge in [0.1, 0.15) is 0 Å². The zero-order chi connectivity index (χ0) is 10.8. The van der Waals surface area contributed by atoms with Gasteiger partial charge in [0.15, 0.2) is 0 Å². The Morgan fingerprint density at radius 3 is 2.43 bits per heavy atom. The molecule has 14 heavy (non-hydrogen) atoms. The van der Waals surface area contributed by atoms with Crippen LogP contribution >= 0.6 is 0 Å². The van der Waals surface area contributed by atoms with Gasteiger partial charge in [0, 0.05) is 20.3 Å². The minimum Gasteiger partial charge on any atom is -0.396 e. The van der Waals surface area contributed by atoms with Gasteiger partial charge in [0.2, 0.25) is 0 Å². The molecule has 0 saturated carbocycles. The van der Waals surface area contributed by atoms with Gasteiger partial charge in [-0.25, -0.2) is 0 Å². The summed E-state index contributed by atoms with van der Waals surface area (Å²) in [6, 6.07) is 0. The molecule has 86 valence electrons. The van der Waals surface area contributed by atoms with E-state index in [1.54, 1.807) is 7.11 Å². The average molecular weight is 206 g/mol. The van der Waals surface area contributed by atoms with E-state index in [4.69, 9.17) is 19.3 Å². The number of hydrogen-bond acceptors (Lipinski definition) is 4. The van der Waals surface area contributed by atoms with E-state index in [-0.39, 0.29) is 18.8 Å². The van der Waals surface area contributed by atoms with Crippen molar-refractivity contribution >= 4 is 0 Å². The molecular weight excluding hydrogens is 184 g/mol. The summed E-state index contributed by atoms with van der Waals surface area (Å²) < 4.78 is 15.8. The van der Waals surface area contributed by atoms with Gasteiger partial charge in [-0.15, -0.1) is 0 Å². The number of methoxy groups -OCH3 is 1. The Hall–Kier alpha value is -0.160. The van der Waals surface area contributed by atoms with Crippen LogP contribution in [0, 0.1) is 0 Å². The summed E-state index contributed by atoms with van der Waals surface area (Å²) in [6.07, 6.45) is 0.877. The molecule has 1 N–H and O–H groups in total. The van der Waals surface area contributed by atoms with E-state index in [0.717, 1.165) is 0 Å². The fourth-order valence-corrected chi connectivity index (χ4v) is 0.832. The van der Waals surface area contributed by atoms with Gasteiger partial charge in [0.05, 0.1) is 25.4 Å². The largest absolute Gasteiger partial charge is 0.396 e. The van der Waals surface area contributed by atoms with Crippen molar-refractivity contribution in [2.75, 3.05) is 33.5 Å². The molecular formula is C10H22O4. The van der Waals surface area contributed by atoms with Gasteiger partial charge < -0.3 is 19.3 Å². The lowest BCUT2D eigenvalue weighted by atomic mass is 10.4. The standard InChI is InChI=1S/C10H22O4/c1-9(12-3)8-14-10(2)7-13-6-4-5-11/h9-11H,4-8H2,1-3H3. The van der Waals surface area contributed by atoms with Crippen molar-refractivity contribution in [3.63, 3.8) is 0 Å². The van der Waals surface area contributed by atoms with Crippen molar-refractivity contribution in [3.8, 4) is 0 Å². The summed E-state index contributed by atoms with van der Waals surface area (Å²) in [5, 5.41) is 8.51. The van der Waals surface area contributed by atoms with Gasteiger partial charge >= 0.3 is 0 Å². The smallest absolute Gasteiger partial charge is 0.0781 e. The molecule has 0 bridgehead atoms. The Kier molecular flexibility index (Phi) is 9.29. The monoisotopic (exact) mass is 206 g/mol. The fraction of sp³-hybridized carbons (Fsp3) is 1.00. The summed E-state index contributed by atoms with van der Waals surface area (Å²) in [7, 11) is 1.66. The first kappa shape index (κ1) is 13.8. The Morgan fingerprint density at radius 1 is 1.14 bits per heavy atom. The molecule has 0 aliphatic rings. The molecule has 0 radical (unpaired) electrons. The lowest BCUT2D eigenvalue weighted by Crippen LogP contribution is -2.22. The molecule has 0 aliphatic heterocycles. The van der Waals surface area contributed by atoms with Crippen LogP contribution < -0.4 is 0 Å². The number of aliphatic hydroxyl groups excluding tert-OH is 1. The van der Waals surface area contributed by atoms with Crippen molar-refractivity contribution in [1.29, 1.82) is 0 Å². The van der Waals surface area contributed by atoms with Crippen LogP contribution in [-0.4, -0.2) is 50.9 Å². The van der Waals surface area contributed by atoms with E-state index in [1.807, 2.05) is 13.8 Å². The lowest BCUT2D eigenvalue weighted by Gasteiger charge is -2.16. The number of ether oxygens (including phenoxy) is 3. The molecule has 0 heterocycles. The number of aliphatic hydroxyl groups is 1. The van der Waals surface area contributed by atoms with Crippen LogP contribution in [0.4, 0.5) is 0 Å². The zero-order valence-corrected chi connectivity index (χ0v) is 9.36. The highest BCUT2D eigenvalue weighted by molar-refractivity contribution is 4.51.